The first-order valence-corrected chi connectivity index (χ1v) is 9.27. The van der Waals surface area contributed by atoms with Gasteiger partial charge in [0.25, 0.3) is 0 Å². The van der Waals surface area contributed by atoms with Crippen LogP contribution in [-0.2, 0) is 17.6 Å². The number of aromatic nitrogens is 2. The largest absolute Gasteiger partial charge is 0.376 e. The molecule has 0 unspecified atom stereocenters. The maximum Gasteiger partial charge on any atom is 0.138 e. The Morgan fingerprint density at radius 3 is 2.91 bits per heavy atom. The van der Waals surface area contributed by atoms with Crippen molar-refractivity contribution in [3.8, 4) is 0 Å². The van der Waals surface area contributed by atoms with E-state index in [0.29, 0.717) is 6.10 Å². The lowest BCUT2D eigenvalue weighted by Crippen LogP contribution is -2.16. The Labute approximate surface area is 135 Å². The highest BCUT2D eigenvalue weighted by Crippen LogP contribution is 2.39. The zero-order chi connectivity index (χ0) is 14.9. The molecule has 0 aromatic carbocycles. The number of hydrogen-bond acceptors (Lipinski definition) is 5. The Morgan fingerprint density at radius 2 is 2.05 bits per heavy atom. The Bertz CT molecular complexity index is 676. The van der Waals surface area contributed by atoms with Crippen molar-refractivity contribution in [1.29, 1.82) is 0 Å². The van der Waals surface area contributed by atoms with Gasteiger partial charge >= 0.3 is 0 Å². The third-order valence-electron chi connectivity index (χ3n) is 4.73. The van der Waals surface area contributed by atoms with Gasteiger partial charge in [0.15, 0.2) is 0 Å². The van der Waals surface area contributed by atoms with Crippen LogP contribution in [0.2, 0.25) is 0 Å². The van der Waals surface area contributed by atoms with Crippen molar-refractivity contribution in [2.24, 2.45) is 0 Å². The fourth-order valence-corrected chi connectivity index (χ4v) is 4.99. The van der Waals surface area contributed by atoms with Crippen molar-refractivity contribution in [2.75, 3.05) is 18.5 Å². The number of hydrogen-bond donors (Lipinski definition) is 1. The Kier molecular flexibility index (Phi) is 4.01. The highest BCUT2D eigenvalue weighted by atomic mass is 32.1. The standard InChI is InChI=1S/C17H23N3OS/c1-11-19-16(18-9-10-21-12-5-2-3-6-12)15-13-7-4-8-14(13)22-17(15)20-11/h12H,2-10H2,1H3,(H,18,19,20). The molecule has 2 aromatic rings. The maximum absolute atomic E-state index is 5.94. The number of anilines is 1. The van der Waals surface area contributed by atoms with Gasteiger partial charge in [-0.05, 0) is 44.6 Å². The molecule has 4 rings (SSSR count). The van der Waals surface area contributed by atoms with Crippen LogP contribution in [0.1, 0.15) is 48.4 Å². The van der Waals surface area contributed by atoms with Crippen LogP contribution in [-0.4, -0.2) is 29.2 Å². The van der Waals surface area contributed by atoms with Crippen LogP contribution in [0, 0.1) is 6.92 Å². The number of fused-ring (bicyclic) bond motifs is 3. The normalized spacial score (nSPS) is 18.2. The van der Waals surface area contributed by atoms with Crippen molar-refractivity contribution >= 4 is 27.4 Å². The molecule has 2 aliphatic rings. The van der Waals surface area contributed by atoms with E-state index in [4.69, 9.17) is 4.74 Å². The van der Waals surface area contributed by atoms with E-state index in [1.54, 1.807) is 0 Å². The van der Waals surface area contributed by atoms with Gasteiger partial charge in [-0.25, -0.2) is 9.97 Å². The third-order valence-corrected chi connectivity index (χ3v) is 5.91. The van der Waals surface area contributed by atoms with Gasteiger partial charge in [-0.1, -0.05) is 12.8 Å². The van der Waals surface area contributed by atoms with Gasteiger partial charge < -0.3 is 10.1 Å². The maximum atomic E-state index is 5.94. The van der Waals surface area contributed by atoms with E-state index in [0.717, 1.165) is 29.6 Å². The molecule has 2 aliphatic carbocycles. The topological polar surface area (TPSA) is 47.0 Å². The van der Waals surface area contributed by atoms with Gasteiger partial charge in [-0.3, -0.25) is 0 Å². The van der Waals surface area contributed by atoms with Gasteiger partial charge in [-0.15, -0.1) is 11.3 Å². The molecule has 4 nitrogen and oxygen atoms in total. The minimum Gasteiger partial charge on any atom is -0.376 e. The molecule has 0 saturated heterocycles. The van der Waals surface area contributed by atoms with Gasteiger partial charge in [0, 0.05) is 11.4 Å². The Morgan fingerprint density at radius 1 is 1.18 bits per heavy atom. The van der Waals surface area contributed by atoms with E-state index in [1.807, 2.05) is 18.3 Å². The van der Waals surface area contributed by atoms with Crippen molar-refractivity contribution in [2.45, 2.75) is 58.0 Å². The summed E-state index contributed by atoms with van der Waals surface area (Å²) in [6.07, 6.45) is 9.25. The molecule has 22 heavy (non-hydrogen) atoms. The first-order chi connectivity index (χ1) is 10.8. The molecule has 5 heteroatoms. The molecule has 1 saturated carbocycles. The molecule has 0 aliphatic heterocycles. The van der Waals surface area contributed by atoms with E-state index in [1.165, 1.54) is 60.8 Å². The Hall–Kier alpha value is -1.20. The lowest BCUT2D eigenvalue weighted by Gasteiger charge is -2.12. The van der Waals surface area contributed by atoms with E-state index < -0.39 is 0 Å². The predicted molar refractivity (Wildman–Crippen MR) is 90.9 cm³/mol. The second-order valence-electron chi connectivity index (χ2n) is 6.36. The summed E-state index contributed by atoms with van der Waals surface area (Å²) in [6, 6.07) is 0. The summed E-state index contributed by atoms with van der Waals surface area (Å²) in [5, 5.41) is 4.77. The smallest absolute Gasteiger partial charge is 0.138 e. The zero-order valence-electron chi connectivity index (χ0n) is 13.2. The quantitative estimate of drug-likeness (QED) is 0.851. The molecule has 1 N–H and O–H groups in total. The lowest BCUT2D eigenvalue weighted by molar-refractivity contribution is 0.0659. The predicted octanol–water partition coefficient (Wildman–Crippen LogP) is 3.86. The molecule has 0 atom stereocenters. The van der Waals surface area contributed by atoms with E-state index in [-0.39, 0.29) is 0 Å². The second kappa shape index (κ2) is 6.13. The van der Waals surface area contributed by atoms with Crippen molar-refractivity contribution in [3.63, 3.8) is 0 Å². The van der Waals surface area contributed by atoms with Crippen LogP contribution in [0.4, 0.5) is 5.82 Å². The molecular formula is C17H23N3OS. The third kappa shape index (κ3) is 2.72. The van der Waals surface area contributed by atoms with Crippen molar-refractivity contribution in [3.05, 3.63) is 16.3 Å². The van der Waals surface area contributed by atoms with E-state index in [2.05, 4.69) is 15.3 Å². The zero-order valence-corrected chi connectivity index (χ0v) is 14.0. The number of ether oxygens (including phenoxy) is 1. The molecule has 118 valence electrons. The summed E-state index contributed by atoms with van der Waals surface area (Å²) in [5.74, 6) is 1.86. The van der Waals surface area contributed by atoms with Crippen LogP contribution >= 0.6 is 11.3 Å². The highest BCUT2D eigenvalue weighted by Gasteiger charge is 2.22. The van der Waals surface area contributed by atoms with Crippen molar-refractivity contribution < 1.29 is 4.74 Å². The minimum atomic E-state index is 0.486. The number of rotatable bonds is 5. The summed E-state index contributed by atoms with van der Waals surface area (Å²) in [5.41, 5.74) is 1.49. The average molecular weight is 317 g/mol. The molecule has 1 fully saturated rings. The first-order valence-electron chi connectivity index (χ1n) is 8.45. The number of aryl methyl sites for hydroxylation is 3. The minimum absolute atomic E-state index is 0.486. The fraction of sp³-hybridized carbons (Fsp3) is 0.647. The number of nitrogens with zero attached hydrogens (tertiary/aromatic N) is 2. The summed E-state index contributed by atoms with van der Waals surface area (Å²) < 4.78 is 5.94. The lowest BCUT2D eigenvalue weighted by atomic mass is 10.2. The summed E-state index contributed by atoms with van der Waals surface area (Å²) in [7, 11) is 0. The summed E-state index contributed by atoms with van der Waals surface area (Å²) in [6.45, 7) is 3.57. The van der Waals surface area contributed by atoms with E-state index in [9.17, 15) is 0 Å². The SMILES string of the molecule is Cc1nc(NCCOC2CCCC2)c2c3c(sc2n1)CCC3. The van der Waals surface area contributed by atoms with E-state index >= 15 is 0 Å². The van der Waals surface area contributed by atoms with Gasteiger partial charge in [0.05, 0.1) is 18.1 Å². The first kappa shape index (κ1) is 14.4. The van der Waals surface area contributed by atoms with Crippen LogP contribution < -0.4 is 5.32 Å². The second-order valence-corrected chi connectivity index (χ2v) is 7.44. The summed E-state index contributed by atoms with van der Waals surface area (Å²) in [4.78, 5) is 11.9. The molecule has 0 radical (unpaired) electrons. The highest BCUT2D eigenvalue weighted by molar-refractivity contribution is 7.19. The van der Waals surface area contributed by atoms with Gasteiger partial charge in [0.2, 0.25) is 0 Å². The van der Waals surface area contributed by atoms with Crippen molar-refractivity contribution in [1.82, 2.24) is 9.97 Å². The number of thiophene rings is 1. The molecule has 0 spiro atoms. The molecule has 2 aromatic heterocycles. The fourth-order valence-electron chi connectivity index (χ4n) is 3.68. The average Bonchev–Trinajstić information content (AvgIpc) is 3.19. The molecular weight excluding hydrogens is 294 g/mol. The Balaban J connectivity index is 1.48. The summed E-state index contributed by atoms with van der Waals surface area (Å²) >= 11 is 1.85. The number of nitrogens with one attached hydrogen (secondary N) is 1. The van der Waals surface area contributed by atoms with Gasteiger partial charge in [-0.2, -0.15) is 0 Å². The monoisotopic (exact) mass is 317 g/mol. The molecule has 2 heterocycles. The van der Waals surface area contributed by atoms with Crippen LogP contribution in [0.3, 0.4) is 0 Å². The molecule has 0 bridgehead atoms. The van der Waals surface area contributed by atoms with Crippen LogP contribution in [0.5, 0.6) is 0 Å². The molecule has 0 amide bonds. The van der Waals surface area contributed by atoms with Crippen LogP contribution in [0.15, 0.2) is 0 Å². The van der Waals surface area contributed by atoms with Gasteiger partial charge in [0.1, 0.15) is 16.5 Å². The van der Waals surface area contributed by atoms with Crippen LogP contribution in [0.25, 0.3) is 10.2 Å².